The second-order valence-corrected chi connectivity index (χ2v) is 3.77. The summed E-state index contributed by atoms with van der Waals surface area (Å²) >= 11 is 3.10. The van der Waals surface area contributed by atoms with E-state index in [1.165, 1.54) is 17.1 Å². The molecule has 1 rings (SSSR count). The number of nitrogens with zero attached hydrogens (tertiary/aromatic N) is 2. The Morgan fingerprint density at radius 1 is 1.57 bits per heavy atom. The summed E-state index contributed by atoms with van der Waals surface area (Å²) in [6.45, 7) is -0.674. The van der Waals surface area contributed by atoms with Gasteiger partial charge in [0.1, 0.15) is 0 Å². The summed E-state index contributed by atoms with van der Waals surface area (Å²) in [6.07, 6.45) is -1.36. The van der Waals surface area contributed by atoms with E-state index in [9.17, 15) is 13.2 Å². The molecular formula is C7H9BrF3N3. The molecule has 0 aliphatic rings. The van der Waals surface area contributed by atoms with Gasteiger partial charge in [0.25, 0.3) is 0 Å². The lowest BCUT2D eigenvalue weighted by Crippen LogP contribution is -2.33. The van der Waals surface area contributed by atoms with Gasteiger partial charge in [-0.25, -0.2) is 0 Å². The lowest BCUT2D eigenvalue weighted by Gasteiger charge is -2.17. The Bertz CT molecular complexity index is 297. The molecule has 0 saturated heterocycles. The van der Waals surface area contributed by atoms with Crippen LogP contribution in [0.15, 0.2) is 16.9 Å². The van der Waals surface area contributed by atoms with Crippen molar-refractivity contribution in [3.8, 4) is 0 Å². The summed E-state index contributed by atoms with van der Waals surface area (Å²) in [7, 11) is 0. The van der Waals surface area contributed by atoms with Crippen LogP contribution in [-0.4, -0.2) is 22.5 Å². The molecule has 0 fully saturated rings. The summed E-state index contributed by atoms with van der Waals surface area (Å²) < 4.78 is 38.7. The topological polar surface area (TPSA) is 43.8 Å². The Morgan fingerprint density at radius 3 is 2.57 bits per heavy atom. The molecule has 14 heavy (non-hydrogen) atoms. The van der Waals surface area contributed by atoms with Crippen LogP contribution in [0.25, 0.3) is 0 Å². The molecule has 0 radical (unpaired) electrons. The summed E-state index contributed by atoms with van der Waals surface area (Å²) in [5.41, 5.74) is 5.04. The van der Waals surface area contributed by atoms with Gasteiger partial charge in [-0.2, -0.15) is 18.3 Å². The van der Waals surface area contributed by atoms with Crippen LogP contribution < -0.4 is 5.73 Å². The molecule has 1 heterocycles. The fourth-order valence-corrected chi connectivity index (χ4v) is 1.30. The predicted molar refractivity (Wildman–Crippen MR) is 48.5 cm³/mol. The van der Waals surface area contributed by atoms with Gasteiger partial charge in [0.05, 0.1) is 23.1 Å². The fourth-order valence-electron chi connectivity index (χ4n) is 0.976. The molecule has 1 aromatic rings. The Labute approximate surface area is 87.2 Å². The number of hydrogen-bond donors (Lipinski definition) is 1. The molecule has 0 saturated carbocycles. The number of halogens is 4. The largest absolute Gasteiger partial charge is 0.394 e. The highest BCUT2D eigenvalue weighted by molar-refractivity contribution is 9.10. The van der Waals surface area contributed by atoms with Crippen LogP contribution in [0.3, 0.4) is 0 Å². The Hall–Kier alpha value is -0.560. The number of hydrogen-bond acceptors (Lipinski definition) is 2. The Kier molecular flexibility index (Phi) is 3.54. The molecule has 1 atom stereocenters. The molecular weight excluding hydrogens is 263 g/mol. The quantitative estimate of drug-likeness (QED) is 0.911. The van der Waals surface area contributed by atoms with Crippen LogP contribution in [0.1, 0.15) is 0 Å². The SMILES string of the molecule is NCC(Cn1cc(Br)cn1)C(F)(F)F. The van der Waals surface area contributed by atoms with Crippen molar-refractivity contribution in [1.82, 2.24) is 9.78 Å². The minimum Gasteiger partial charge on any atom is -0.330 e. The van der Waals surface area contributed by atoms with E-state index in [1.54, 1.807) is 0 Å². The lowest BCUT2D eigenvalue weighted by molar-refractivity contribution is -0.175. The van der Waals surface area contributed by atoms with E-state index in [-0.39, 0.29) is 6.54 Å². The van der Waals surface area contributed by atoms with Crippen LogP contribution in [0.2, 0.25) is 0 Å². The van der Waals surface area contributed by atoms with Gasteiger partial charge in [0, 0.05) is 12.7 Å². The molecule has 0 aromatic carbocycles. The number of alkyl halides is 3. The molecule has 0 aliphatic heterocycles. The van der Waals surface area contributed by atoms with Crippen LogP contribution in [0.5, 0.6) is 0 Å². The van der Waals surface area contributed by atoms with Crippen molar-refractivity contribution >= 4 is 15.9 Å². The number of rotatable bonds is 3. The monoisotopic (exact) mass is 271 g/mol. The average molecular weight is 272 g/mol. The van der Waals surface area contributed by atoms with Gasteiger partial charge in [-0.15, -0.1) is 0 Å². The summed E-state index contributed by atoms with van der Waals surface area (Å²) in [4.78, 5) is 0. The van der Waals surface area contributed by atoms with E-state index in [0.29, 0.717) is 4.47 Å². The van der Waals surface area contributed by atoms with Gasteiger partial charge in [-0.05, 0) is 15.9 Å². The maximum atomic E-state index is 12.3. The van der Waals surface area contributed by atoms with Crippen LogP contribution in [0.4, 0.5) is 13.2 Å². The second-order valence-electron chi connectivity index (χ2n) is 2.85. The Balaban J connectivity index is 2.66. The standard InChI is InChI=1S/C7H9BrF3N3/c8-6-2-13-14(4-6)3-5(1-12)7(9,10)11/h2,4-5H,1,3,12H2. The van der Waals surface area contributed by atoms with Gasteiger partial charge >= 0.3 is 6.18 Å². The first-order chi connectivity index (χ1) is 6.43. The predicted octanol–water partition coefficient (Wildman–Crippen LogP) is 1.78. The summed E-state index contributed by atoms with van der Waals surface area (Å²) in [5, 5.41) is 3.73. The highest BCUT2D eigenvalue weighted by Crippen LogP contribution is 2.26. The molecule has 1 unspecified atom stereocenters. The van der Waals surface area contributed by atoms with E-state index in [0.717, 1.165) is 0 Å². The zero-order chi connectivity index (χ0) is 10.8. The normalized spacial score (nSPS) is 14.4. The van der Waals surface area contributed by atoms with Gasteiger partial charge in [0.2, 0.25) is 0 Å². The first-order valence-corrected chi connectivity index (χ1v) is 4.67. The van der Waals surface area contributed by atoms with E-state index >= 15 is 0 Å². The molecule has 0 bridgehead atoms. The third-order valence-electron chi connectivity index (χ3n) is 1.76. The van der Waals surface area contributed by atoms with Crippen LogP contribution >= 0.6 is 15.9 Å². The molecule has 0 amide bonds. The number of aromatic nitrogens is 2. The fraction of sp³-hybridized carbons (Fsp3) is 0.571. The molecule has 0 aliphatic carbocycles. The summed E-state index contributed by atoms with van der Waals surface area (Å²) in [6, 6.07) is 0. The van der Waals surface area contributed by atoms with E-state index in [4.69, 9.17) is 5.73 Å². The molecule has 7 heteroatoms. The molecule has 0 spiro atoms. The van der Waals surface area contributed by atoms with Gasteiger partial charge in [-0.1, -0.05) is 0 Å². The summed E-state index contributed by atoms with van der Waals surface area (Å²) in [5.74, 6) is -1.55. The minimum absolute atomic E-state index is 0.244. The maximum Gasteiger partial charge on any atom is 0.394 e. The highest BCUT2D eigenvalue weighted by atomic mass is 79.9. The van der Waals surface area contributed by atoms with E-state index in [1.807, 2.05) is 0 Å². The lowest BCUT2D eigenvalue weighted by atomic mass is 10.1. The van der Waals surface area contributed by atoms with Crippen molar-refractivity contribution in [2.75, 3.05) is 6.54 Å². The van der Waals surface area contributed by atoms with Crippen molar-refractivity contribution in [3.63, 3.8) is 0 Å². The third kappa shape index (κ3) is 2.98. The maximum absolute atomic E-state index is 12.3. The minimum atomic E-state index is -4.27. The number of nitrogens with two attached hydrogens (primary N) is 1. The first-order valence-electron chi connectivity index (χ1n) is 3.88. The first kappa shape index (κ1) is 11.5. The van der Waals surface area contributed by atoms with E-state index in [2.05, 4.69) is 21.0 Å². The van der Waals surface area contributed by atoms with E-state index < -0.39 is 18.6 Å². The molecule has 1 aromatic heterocycles. The molecule has 2 N–H and O–H groups in total. The van der Waals surface area contributed by atoms with Crippen molar-refractivity contribution in [3.05, 3.63) is 16.9 Å². The van der Waals surface area contributed by atoms with Crippen LogP contribution in [-0.2, 0) is 6.54 Å². The van der Waals surface area contributed by atoms with Gasteiger partial charge in [-0.3, -0.25) is 4.68 Å². The highest BCUT2D eigenvalue weighted by Gasteiger charge is 2.38. The average Bonchev–Trinajstić information content (AvgIpc) is 2.45. The zero-order valence-corrected chi connectivity index (χ0v) is 8.72. The third-order valence-corrected chi connectivity index (χ3v) is 2.17. The van der Waals surface area contributed by atoms with Crippen LogP contribution in [0, 0.1) is 5.92 Å². The van der Waals surface area contributed by atoms with Crippen molar-refractivity contribution in [2.45, 2.75) is 12.7 Å². The van der Waals surface area contributed by atoms with Crippen molar-refractivity contribution < 1.29 is 13.2 Å². The second kappa shape index (κ2) is 4.31. The zero-order valence-electron chi connectivity index (χ0n) is 7.13. The molecule has 3 nitrogen and oxygen atoms in total. The molecule has 80 valence electrons. The van der Waals surface area contributed by atoms with Gasteiger partial charge in [0.15, 0.2) is 0 Å². The van der Waals surface area contributed by atoms with Gasteiger partial charge < -0.3 is 5.73 Å². The van der Waals surface area contributed by atoms with Crippen molar-refractivity contribution in [1.29, 1.82) is 0 Å². The van der Waals surface area contributed by atoms with Crippen molar-refractivity contribution in [2.24, 2.45) is 11.7 Å². The smallest absolute Gasteiger partial charge is 0.330 e. The Morgan fingerprint density at radius 2 is 2.21 bits per heavy atom.